The van der Waals surface area contributed by atoms with E-state index in [0.717, 1.165) is 17.7 Å². The van der Waals surface area contributed by atoms with Crippen LogP contribution >= 0.6 is 15.9 Å². The summed E-state index contributed by atoms with van der Waals surface area (Å²) in [5.74, 6) is -1.73. The van der Waals surface area contributed by atoms with Gasteiger partial charge in [0, 0.05) is 10.5 Å². The van der Waals surface area contributed by atoms with Gasteiger partial charge in [0.05, 0.1) is 11.3 Å². The molecule has 1 N–H and O–H groups in total. The summed E-state index contributed by atoms with van der Waals surface area (Å²) in [6.45, 7) is 3.30. The highest BCUT2D eigenvalue weighted by molar-refractivity contribution is 9.10. The summed E-state index contributed by atoms with van der Waals surface area (Å²) >= 11 is 3.31. The predicted molar refractivity (Wildman–Crippen MR) is 77.9 cm³/mol. The molecule has 0 heterocycles. The second-order valence-corrected chi connectivity index (χ2v) is 5.26. The molecule has 0 aliphatic heterocycles. The van der Waals surface area contributed by atoms with Crippen molar-refractivity contribution >= 4 is 27.5 Å². The first-order chi connectivity index (χ1) is 9.40. The van der Waals surface area contributed by atoms with Gasteiger partial charge in [0.1, 0.15) is 11.6 Å². The van der Waals surface area contributed by atoms with Gasteiger partial charge in [-0.15, -0.1) is 0 Å². The predicted octanol–water partition coefficient (Wildman–Crippen LogP) is 4.60. The summed E-state index contributed by atoms with van der Waals surface area (Å²) in [5.41, 5.74) is 1.27. The Kier molecular flexibility index (Phi) is 4.18. The molecule has 2 nitrogen and oxygen atoms in total. The number of anilines is 1. The largest absolute Gasteiger partial charge is 0.319 e. The van der Waals surface area contributed by atoms with Gasteiger partial charge in [-0.05, 0) is 53.0 Å². The van der Waals surface area contributed by atoms with Crippen molar-refractivity contribution in [2.24, 2.45) is 0 Å². The van der Waals surface area contributed by atoms with Gasteiger partial charge in [-0.1, -0.05) is 12.1 Å². The molecular weight excluding hydrogens is 328 g/mol. The molecule has 0 saturated heterocycles. The quantitative estimate of drug-likeness (QED) is 0.851. The van der Waals surface area contributed by atoms with Crippen LogP contribution in [0.25, 0.3) is 0 Å². The number of benzene rings is 2. The minimum atomic E-state index is -0.666. The number of carbonyl (C=O) groups excluding carboxylic acids is 1. The van der Waals surface area contributed by atoms with E-state index in [1.165, 1.54) is 6.92 Å². The summed E-state index contributed by atoms with van der Waals surface area (Å²) in [6, 6.07) is 7.20. The van der Waals surface area contributed by atoms with Crippen molar-refractivity contribution in [1.29, 1.82) is 0 Å². The monoisotopic (exact) mass is 339 g/mol. The van der Waals surface area contributed by atoms with E-state index < -0.39 is 17.5 Å². The average Bonchev–Trinajstić information content (AvgIpc) is 2.39. The molecule has 20 heavy (non-hydrogen) atoms. The maximum atomic E-state index is 13.7. The van der Waals surface area contributed by atoms with Crippen molar-refractivity contribution in [2.45, 2.75) is 13.8 Å². The van der Waals surface area contributed by atoms with Crippen LogP contribution in [0, 0.1) is 25.5 Å². The van der Waals surface area contributed by atoms with E-state index >= 15 is 0 Å². The van der Waals surface area contributed by atoms with Gasteiger partial charge >= 0.3 is 0 Å². The average molecular weight is 340 g/mol. The number of hydrogen-bond donors (Lipinski definition) is 1. The summed E-state index contributed by atoms with van der Waals surface area (Å²) in [4.78, 5) is 12.1. The standard InChI is InChI=1S/C15H12BrF2NO/c1-8-4-3-5-10(14(8)16)15(20)19-13-7-11(17)9(2)6-12(13)18/h3-7H,1-2H3,(H,19,20). The normalized spacial score (nSPS) is 10.4. The molecule has 5 heteroatoms. The number of aryl methyl sites for hydroxylation is 2. The van der Waals surface area contributed by atoms with Gasteiger partial charge in [-0.2, -0.15) is 0 Å². The van der Waals surface area contributed by atoms with E-state index in [2.05, 4.69) is 21.2 Å². The second kappa shape index (κ2) is 5.71. The Morgan fingerprint density at radius 2 is 1.80 bits per heavy atom. The Labute approximate surface area is 123 Å². The molecule has 0 unspecified atom stereocenters. The molecule has 1 amide bonds. The number of rotatable bonds is 2. The fraction of sp³-hybridized carbons (Fsp3) is 0.133. The Morgan fingerprint density at radius 3 is 2.50 bits per heavy atom. The Morgan fingerprint density at radius 1 is 1.10 bits per heavy atom. The Hall–Kier alpha value is -1.75. The maximum Gasteiger partial charge on any atom is 0.256 e. The van der Waals surface area contributed by atoms with Crippen LogP contribution in [0.15, 0.2) is 34.8 Å². The van der Waals surface area contributed by atoms with E-state index in [4.69, 9.17) is 0 Å². The molecule has 0 radical (unpaired) electrons. The molecule has 2 aromatic rings. The highest BCUT2D eigenvalue weighted by Gasteiger charge is 2.14. The van der Waals surface area contributed by atoms with E-state index in [0.29, 0.717) is 10.0 Å². The molecule has 0 aliphatic carbocycles. The first-order valence-corrected chi connectivity index (χ1v) is 6.71. The van der Waals surface area contributed by atoms with E-state index in [-0.39, 0.29) is 11.3 Å². The fourth-order valence-electron chi connectivity index (χ4n) is 1.75. The lowest BCUT2D eigenvalue weighted by molar-refractivity contribution is 0.102. The van der Waals surface area contributed by atoms with Crippen LogP contribution in [0.2, 0.25) is 0 Å². The van der Waals surface area contributed by atoms with Crippen molar-refractivity contribution in [3.8, 4) is 0 Å². The minimum absolute atomic E-state index is 0.175. The number of nitrogens with one attached hydrogen (secondary N) is 1. The zero-order chi connectivity index (χ0) is 14.9. The molecule has 104 valence electrons. The van der Waals surface area contributed by atoms with Gasteiger partial charge in [0.15, 0.2) is 0 Å². The zero-order valence-electron chi connectivity index (χ0n) is 10.9. The smallest absolute Gasteiger partial charge is 0.256 e. The molecule has 0 atom stereocenters. The summed E-state index contributed by atoms with van der Waals surface area (Å²) in [5, 5.41) is 2.38. The number of halogens is 3. The molecule has 0 aromatic heterocycles. The van der Waals surface area contributed by atoms with E-state index in [1.54, 1.807) is 12.1 Å². The third kappa shape index (κ3) is 2.88. The maximum absolute atomic E-state index is 13.7. The molecule has 0 saturated carbocycles. The zero-order valence-corrected chi connectivity index (χ0v) is 12.5. The van der Waals surface area contributed by atoms with Crippen molar-refractivity contribution in [3.05, 3.63) is 63.1 Å². The van der Waals surface area contributed by atoms with Crippen molar-refractivity contribution < 1.29 is 13.6 Å². The number of carbonyl (C=O) groups is 1. The molecule has 2 rings (SSSR count). The van der Waals surface area contributed by atoms with Crippen LogP contribution in [0.4, 0.5) is 14.5 Å². The van der Waals surface area contributed by atoms with Gasteiger partial charge < -0.3 is 5.32 Å². The van der Waals surface area contributed by atoms with Crippen LogP contribution in [-0.4, -0.2) is 5.91 Å². The lowest BCUT2D eigenvalue weighted by Crippen LogP contribution is -2.14. The van der Waals surface area contributed by atoms with Crippen molar-refractivity contribution in [1.82, 2.24) is 0 Å². The third-order valence-corrected chi connectivity index (χ3v) is 3.99. The molecular formula is C15H12BrF2NO. The molecule has 2 aromatic carbocycles. The first-order valence-electron chi connectivity index (χ1n) is 5.92. The summed E-state index contributed by atoms with van der Waals surface area (Å²) < 4.78 is 27.8. The van der Waals surface area contributed by atoms with Gasteiger partial charge in [0.2, 0.25) is 0 Å². The number of amides is 1. The highest BCUT2D eigenvalue weighted by Crippen LogP contribution is 2.24. The first kappa shape index (κ1) is 14.7. The highest BCUT2D eigenvalue weighted by atomic mass is 79.9. The Bertz CT molecular complexity index is 686. The van der Waals surface area contributed by atoms with Crippen LogP contribution in [0.5, 0.6) is 0 Å². The van der Waals surface area contributed by atoms with Crippen molar-refractivity contribution in [3.63, 3.8) is 0 Å². The second-order valence-electron chi connectivity index (χ2n) is 4.47. The lowest BCUT2D eigenvalue weighted by atomic mass is 10.1. The van der Waals surface area contributed by atoms with E-state index in [1.807, 2.05) is 13.0 Å². The van der Waals surface area contributed by atoms with Crippen LogP contribution < -0.4 is 5.32 Å². The van der Waals surface area contributed by atoms with Gasteiger partial charge in [0.25, 0.3) is 5.91 Å². The van der Waals surface area contributed by atoms with Crippen LogP contribution in [-0.2, 0) is 0 Å². The topological polar surface area (TPSA) is 29.1 Å². The van der Waals surface area contributed by atoms with Crippen LogP contribution in [0.3, 0.4) is 0 Å². The van der Waals surface area contributed by atoms with E-state index in [9.17, 15) is 13.6 Å². The minimum Gasteiger partial charge on any atom is -0.319 e. The van der Waals surface area contributed by atoms with Crippen molar-refractivity contribution in [2.75, 3.05) is 5.32 Å². The molecule has 0 fully saturated rings. The molecule has 0 aliphatic rings. The lowest BCUT2D eigenvalue weighted by Gasteiger charge is -2.10. The summed E-state index contributed by atoms with van der Waals surface area (Å²) in [6.07, 6.45) is 0. The molecule has 0 bridgehead atoms. The third-order valence-electron chi connectivity index (χ3n) is 2.93. The Balaban J connectivity index is 2.33. The molecule has 0 spiro atoms. The SMILES string of the molecule is Cc1cc(F)c(NC(=O)c2cccc(C)c2Br)cc1F. The summed E-state index contributed by atoms with van der Waals surface area (Å²) in [7, 11) is 0. The fourth-order valence-corrected chi connectivity index (χ4v) is 2.20. The number of hydrogen-bond acceptors (Lipinski definition) is 1. The van der Waals surface area contributed by atoms with Gasteiger partial charge in [-0.25, -0.2) is 8.78 Å². The van der Waals surface area contributed by atoms with Crippen LogP contribution in [0.1, 0.15) is 21.5 Å². The van der Waals surface area contributed by atoms with Gasteiger partial charge in [-0.3, -0.25) is 4.79 Å².